The molecule has 1 aromatic heterocycles. The van der Waals surface area contributed by atoms with Gasteiger partial charge in [-0.15, -0.1) is 11.6 Å². The van der Waals surface area contributed by atoms with Crippen molar-refractivity contribution in [2.45, 2.75) is 19.4 Å². The number of methoxy groups -OCH3 is 2. The Kier molecular flexibility index (Phi) is 4.30. The maximum Gasteiger partial charge on any atom is 0.183 e. The van der Waals surface area contributed by atoms with E-state index in [9.17, 15) is 0 Å². The average molecular weight is 271 g/mol. The SMILES string of the molecule is COc1ccnc(CNCC2(CCl)CC2)c1OC. The van der Waals surface area contributed by atoms with Crippen molar-refractivity contribution in [3.8, 4) is 11.5 Å². The van der Waals surface area contributed by atoms with Gasteiger partial charge >= 0.3 is 0 Å². The van der Waals surface area contributed by atoms with Crippen LogP contribution >= 0.6 is 11.6 Å². The molecule has 1 N–H and O–H groups in total. The first-order chi connectivity index (χ1) is 8.74. The van der Waals surface area contributed by atoms with Crippen molar-refractivity contribution in [1.82, 2.24) is 10.3 Å². The van der Waals surface area contributed by atoms with E-state index in [1.807, 2.05) is 0 Å². The summed E-state index contributed by atoms with van der Waals surface area (Å²) in [6.07, 6.45) is 4.16. The van der Waals surface area contributed by atoms with E-state index in [2.05, 4.69) is 10.3 Å². The van der Waals surface area contributed by atoms with E-state index in [-0.39, 0.29) is 0 Å². The molecule has 0 aliphatic heterocycles. The molecule has 0 aromatic carbocycles. The Labute approximate surface area is 113 Å². The van der Waals surface area contributed by atoms with Gasteiger partial charge in [0.05, 0.1) is 19.9 Å². The summed E-state index contributed by atoms with van der Waals surface area (Å²) >= 11 is 5.94. The molecule has 18 heavy (non-hydrogen) atoms. The molecule has 0 bridgehead atoms. The summed E-state index contributed by atoms with van der Waals surface area (Å²) < 4.78 is 10.6. The molecule has 0 spiro atoms. The predicted molar refractivity (Wildman–Crippen MR) is 71.4 cm³/mol. The van der Waals surface area contributed by atoms with Gasteiger partial charge in [0.25, 0.3) is 0 Å². The van der Waals surface area contributed by atoms with Gasteiger partial charge in [0.2, 0.25) is 0 Å². The number of ether oxygens (including phenoxy) is 2. The summed E-state index contributed by atoms with van der Waals surface area (Å²) in [5.41, 5.74) is 1.18. The van der Waals surface area contributed by atoms with Gasteiger partial charge in [-0.25, -0.2) is 0 Å². The molecule has 2 rings (SSSR count). The van der Waals surface area contributed by atoms with E-state index in [0.29, 0.717) is 23.5 Å². The molecular formula is C13H19ClN2O2. The van der Waals surface area contributed by atoms with Crippen molar-refractivity contribution in [2.75, 3.05) is 26.6 Å². The standard InChI is InChI=1S/C13H19ClN2O2/c1-17-11-3-6-16-10(12(11)18-2)7-15-9-13(8-14)4-5-13/h3,6,15H,4-5,7-9H2,1-2H3. The van der Waals surface area contributed by atoms with Crippen LogP contribution in [0.1, 0.15) is 18.5 Å². The lowest BCUT2D eigenvalue weighted by atomic mass is 10.1. The lowest BCUT2D eigenvalue weighted by molar-refractivity contribution is 0.347. The fraction of sp³-hybridized carbons (Fsp3) is 0.615. The molecule has 1 aromatic rings. The second-order valence-electron chi connectivity index (χ2n) is 4.73. The van der Waals surface area contributed by atoms with Crippen molar-refractivity contribution in [3.63, 3.8) is 0 Å². The number of nitrogens with zero attached hydrogens (tertiary/aromatic N) is 1. The smallest absolute Gasteiger partial charge is 0.183 e. The van der Waals surface area contributed by atoms with Crippen LogP contribution in [0.15, 0.2) is 12.3 Å². The second kappa shape index (κ2) is 5.76. The van der Waals surface area contributed by atoms with E-state index in [1.165, 1.54) is 12.8 Å². The minimum atomic E-state index is 0.313. The lowest BCUT2D eigenvalue weighted by Crippen LogP contribution is -2.25. The van der Waals surface area contributed by atoms with Gasteiger partial charge in [0, 0.05) is 31.2 Å². The monoisotopic (exact) mass is 270 g/mol. The van der Waals surface area contributed by atoms with E-state index in [0.717, 1.165) is 18.1 Å². The van der Waals surface area contributed by atoms with Crippen LogP contribution in [0.25, 0.3) is 0 Å². The zero-order valence-corrected chi connectivity index (χ0v) is 11.6. The summed E-state index contributed by atoms with van der Waals surface area (Å²) in [4.78, 5) is 4.32. The Balaban J connectivity index is 1.96. The molecule has 0 radical (unpaired) electrons. The first-order valence-corrected chi connectivity index (χ1v) is 6.61. The van der Waals surface area contributed by atoms with Gasteiger partial charge in [0.1, 0.15) is 0 Å². The van der Waals surface area contributed by atoms with Crippen molar-refractivity contribution in [2.24, 2.45) is 5.41 Å². The van der Waals surface area contributed by atoms with Gasteiger partial charge in [-0.3, -0.25) is 4.98 Å². The Morgan fingerprint density at radius 2 is 2.17 bits per heavy atom. The molecule has 4 nitrogen and oxygen atoms in total. The summed E-state index contributed by atoms with van der Waals surface area (Å²) in [6.45, 7) is 1.59. The van der Waals surface area contributed by atoms with Gasteiger partial charge in [0.15, 0.2) is 11.5 Å². The topological polar surface area (TPSA) is 43.4 Å². The van der Waals surface area contributed by atoms with Crippen molar-refractivity contribution in [3.05, 3.63) is 18.0 Å². The van der Waals surface area contributed by atoms with Crippen LogP contribution in [-0.4, -0.2) is 31.6 Å². The Morgan fingerprint density at radius 1 is 1.39 bits per heavy atom. The van der Waals surface area contributed by atoms with Crippen LogP contribution in [0, 0.1) is 5.41 Å². The number of nitrogens with one attached hydrogen (secondary N) is 1. The van der Waals surface area contributed by atoms with Gasteiger partial charge in [-0.1, -0.05) is 0 Å². The highest BCUT2D eigenvalue weighted by Gasteiger charge is 2.41. The zero-order valence-electron chi connectivity index (χ0n) is 10.8. The first-order valence-electron chi connectivity index (χ1n) is 6.07. The molecule has 1 heterocycles. The van der Waals surface area contributed by atoms with Gasteiger partial charge in [-0.05, 0) is 18.3 Å². The lowest BCUT2D eigenvalue weighted by Gasteiger charge is -2.14. The van der Waals surface area contributed by atoms with Crippen LogP contribution in [-0.2, 0) is 6.54 Å². The average Bonchev–Trinajstić information content (AvgIpc) is 3.19. The largest absolute Gasteiger partial charge is 0.493 e. The third kappa shape index (κ3) is 2.87. The molecule has 0 amide bonds. The van der Waals surface area contributed by atoms with E-state index < -0.39 is 0 Å². The third-order valence-electron chi connectivity index (χ3n) is 3.40. The minimum Gasteiger partial charge on any atom is -0.493 e. The molecule has 1 saturated carbocycles. The van der Waals surface area contributed by atoms with Crippen molar-refractivity contribution in [1.29, 1.82) is 0 Å². The molecule has 0 atom stereocenters. The fourth-order valence-electron chi connectivity index (χ4n) is 1.96. The summed E-state index contributed by atoms with van der Waals surface area (Å²) in [5, 5.41) is 3.40. The quantitative estimate of drug-likeness (QED) is 0.772. The highest BCUT2D eigenvalue weighted by atomic mass is 35.5. The predicted octanol–water partition coefficient (Wildman–Crippen LogP) is 2.21. The van der Waals surface area contributed by atoms with Crippen LogP contribution < -0.4 is 14.8 Å². The van der Waals surface area contributed by atoms with Crippen molar-refractivity contribution >= 4 is 11.6 Å². The van der Waals surface area contributed by atoms with E-state index in [1.54, 1.807) is 26.5 Å². The van der Waals surface area contributed by atoms with Gasteiger partial charge < -0.3 is 14.8 Å². The molecule has 100 valence electrons. The second-order valence-corrected chi connectivity index (χ2v) is 5.00. The van der Waals surface area contributed by atoms with Crippen molar-refractivity contribution < 1.29 is 9.47 Å². The maximum absolute atomic E-state index is 5.94. The molecule has 0 unspecified atom stereocenters. The number of hydrogen-bond donors (Lipinski definition) is 1. The normalized spacial score (nSPS) is 16.4. The Bertz CT molecular complexity index is 408. The molecular weight excluding hydrogens is 252 g/mol. The summed E-state index contributed by atoms with van der Waals surface area (Å²) in [7, 11) is 3.26. The number of rotatable bonds is 7. The molecule has 1 aliphatic carbocycles. The van der Waals surface area contributed by atoms with Crippen LogP contribution in [0.2, 0.25) is 0 Å². The maximum atomic E-state index is 5.94. The Morgan fingerprint density at radius 3 is 2.72 bits per heavy atom. The van der Waals surface area contributed by atoms with Crippen LogP contribution in [0.4, 0.5) is 0 Å². The zero-order chi connectivity index (χ0) is 13.0. The third-order valence-corrected chi connectivity index (χ3v) is 3.97. The molecule has 5 heteroatoms. The molecule has 1 aliphatic rings. The Hall–Kier alpha value is -1.00. The summed E-state index contributed by atoms with van der Waals surface area (Å²) in [6, 6.07) is 1.80. The van der Waals surface area contributed by atoms with Crippen LogP contribution in [0.3, 0.4) is 0 Å². The molecule has 0 saturated heterocycles. The highest BCUT2D eigenvalue weighted by molar-refractivity contribution is 6.18. The highest BCUT2D eigenvalue weighted by Crippen LogP contribution is 2.45. The first kappa shape index (κ1) is 13.4. The van der Waals surface area contributed by atoms with E-state index >= 15 is 0 Å². The number of pyridine rings is 1. The number of aromatic nitrogens is 1. The fourth-order valence-corrected chi connectivity index (χ4v) is 2.32. The molecule has 1 fully saturated rings. The summed E-state index contributed by atoms with van der Waals surface area (Å²) in [5.74, 6) is 2.13. The number of halogens is 1. The number of hydrogen-bond acceptors (Lipinski definition) is 4. The minimum absolute atomic E-state index is 0.313. The number of alkyl halides is 1. The van der Waals surface area contributed by atoms with Crippen LogP contribution in [0.5, 0.6) is 11.5 Å². The van der Waals surface area contributed by atoms with E-state index in [4.69, 9.17) is 21.1 Å². The van der Waals surface area contributed by atoms with Gasteiger partial charge in [-0.2, -0.15) is 0 Å².